The lowest BCUT2D eigenvalue weighted by Crippen LogP contribution is -2.45. The topological polar surface area (TPSA) is 109 Å². The number of Topliss-reactive ketones (excluding diaryl/α,β-unsaturated/α-hetero) is 1. The smallest absolute Gasteiger partial charge is 0.241 e. The van der Waals surface area contributed by atoms with E-state index in [1.165, 1.54) is 0 Å². The van der Waals surface area contributed by atoms with Crippen molar-refractivity contribution in [3.05, 3.63) is 65.2 Å². The van der Waals surface area contributed by atoms with Crippen molar-refractivity contribution in [1.82, 2.24) is 5.01 Å². The van der Waals surface area contributed by atoms with Crippen LogP contribution in [0.5, 0.6) is 5.75 Å². The molecule has 4 atom stereocenters. The van der Waals surface area contributed by atoms with Crippen molar-refractivity contribution in [2.24, 2.45) is 21.7 Å². The molecule has 2 aromatic carbocycles. The Hall–Kier alpha value is -3.66. The maximum absolute atomic E-state index is 13.8. The van der Waals surface area contributed by atoms with Gasteiger partial charge in [0.05, 0.1) is 19.4 Å². The zero-order valence-electron chi connectivity index (χ0n) is 18.6. The van der Waals surface area contributed by atoms with Crippen LogP contribution in [0.2, 0.25) is 0 Å². The highest BCUT2D eigenvalue weighted by atomic mass is 16.5. The summed E-state index contributed by atoms with van der Waals surface area (Å²) in [7, 11) is 1.56. The van der Waals surface area contributed by atoms with Gasteiger partial charge in [0, 0.05) is 11.3 Å². The van der Waals surface area contributed by atoms with E-state index in [1.54, 1.807) is 42.6 Å². The number of rotatable bonds is 4. The van der Waals surface area contributed by atoms with Gasteiger partial charge < -0.3 is 10.5 Å². The highest BCUT2D eigenvalue weighted by Crippen LogP contribution is 2.60. The van der Waals surface area contributed by atoms with Crippen LogP contribution in [0.4, 0.5) is 0 Å². The molecule has 0 aliphatic carbocycles. The summed E-state index contributed by atoms with van der Waals surface area (Å²) in [5, 5.41) is 16.7. The highest BCUT2D eigenvalue weighted by Gasteiger charge is 2.67. The highest BCUT2D eigenvalue weighted by molar-refractivity contribution is 5.96. The molecule has 0 spiro atoms. The maximum Gasteiger partial charge on any atom is 0.241 e. The Morgan fingerprint density at radius 3 is 2.38 bits per heavy atom. The number of carbonyl (C=O) groups excluding carboxylic acids is 2. The standard InChI is InChI=1S/C25H26N4O3/c1-24(2,3)22(30)20-19(15-9-11-17(32-4)12-10-15)25(14-26,23(27)31)21-18-8-6-5-7-16(18)13-28-29(20)21/h5-13,19-21H,1-4H3,(H2,27,31)/t19-,20-,21-,25+/m1/s1. The molecular formula is C25H26N4O3. The van der Waals surface area contributed by atoms with E-state index in [-0.39, 0.29) is 5.78 Å². The number of primary amides is 1. The third-order valence-electron chi connectivity index (χ3n) is 6.48. The van der Waals surface area contributed by atoms with E-state index in [2.05, 4.69) is 11.2 Å². The van der Waals surface area contributed by atoms with Crippen LogP contribution in [-0.4, -0.2) is 36.1 Å². The maximum atomic E-state index is 13.8. The molecule has 7 nitrogen and oxygen atoms in total. The molecule has 1 fully saturated rings. The van der Waals surface area contributed by atoms with Crippen LogP contribution in [-0.2, 0) is 9.59 Å². The fourth-order valence-electron chi connectivity index (χ4n) is 4.92. The molecule has 2 aliphatic heterocycles. The Morgan fingerprint density at radius 2 is 1.81 bits per heavy atom. The van der Waals surface area contributed by atoms with Crippen LogP contribution < -0.4 is 10.5 Å². The lowest BCUT2D eigenvalue weighted by Gasteiger charge is -2.35. The molecule has 0 radical (unpaired) electrons. The minimum atomic E-state index is -1.70. The Labute approximate surface area is 187 Å². The molecule has 32 heavy (non-hydrogen) atoms. The van der Waals surface area contributed by atoms with E-state index in [4.69, 9.17) is 10.5 Å². The van der Waals surface area contributed by atoms with Crippen LogP contribution in [0.15, 0.2) is 53.6 Å². The van der Waals surface area contributed by atoms with Gasteiger partial charge in [-0.25, -0.2) is 0 Å². The van der Waals surface area contributed by atoms with Crippen LogP contribution in [0.1, 0.15) is 49.4 Å². The van der Waals surface area contributed by atoms with E-state index in [9.17, 15) is 14.9 Å². The number of hydrogen-bond acceptors (Lipinski definition) is 6. The van der Waals surface area contributed by atoms with Gasteiger partial charge in [-0.2, -0.15) is 10.4 Å². The number of nitriles is 1. The first kappa shape index (κ1) is 21.6. The summed E-state index contributed by atoms with van der Waals surface area (Å²) in [6, 6.07) is 15.2. The minimum absolute atomic E-state index is 0.113. The zero-order valence-corrected chi connectivity index (χ0v) is 18.6. The van der Waals surface area contributed by atoms with E-state index in [0.29, 0.717) is 11.3 Å². The fraction of sp³-hybridized carbons (Fsp3) is 0.360. The van der Waals surface area contributed by atoms with Gasteiger partial charge in [0.25, 0.3) is 0 Å². The number of nitrogens with zero attached hydrogens (tertiary/aromatic N) is 3. The van der Waals surface area contributed by atoms with Crippen LogP contribution in [0.3, 0.4) is 0 Å². The Bertz CT molecular complexity index is 1140. The second-order valence-corrected chi connectivity index (χ2v) is 9.31. The van der Waals surface area contributed by atoms with Crippen molar-refractivity contribution >= 4 is 17.9 Å². The third kappa shape index (κ3) is 2.98. The number of hydrogen-bond donors (Lipinski definition) is 1. The van der Waals surface area contributed by atoms with Crippen LogP contribution in [0.25, 0.3) is 0 Å². The van der Waals surface area contributed by atoms with E-state index < -0.39 is 34.7 Å². The summed E-state index contributed by atoms with van der Waals surface area (Å²) in [5.74, 6) is -1.06. The van der Waals surface area contributed by atoms with Crippen molar-refractivity contribution < 1.29 is 14.3 Å². The molecule has 0 saturated carbocycles. The van der Waals surface area contributed by atoms with Gasteiger partial charge in [-0.1, -0.05) is 57.2 Å². The number of amides is 1. The number of fused-ring (bicyclic) bond motifs is 3. The average Bonchev–Trinajstić information content (AvgIpc) is 3.09. The summed E-state index contributed by atoms with van der Waals surface area (Å²) in [6.07, 6.45) is 1.67. The van der Waals surface area contributed by atoms with E-state index >= 15 is 0 Å². The zero-order chi connectivity index (χ0) is 23.3. The first-order valence-electron chi connectivity index (χ1n) is 10.5. The largest absolute Gasteiger partial charge is 0.497 e. The van der Waals surface area contributed by atoms with Gasteiger partial charge in [0.1, 0.15) is 17.8 Å². The average molecular weight is 431 g/mol. The molecule has 7 heteroatoms. The van der Waals surface area contributed by atoms with Crippen molar-refractivity contribution in [2.75, 3.05) is 7.11 Å². The number of benzene rings is 2. The lowest BCUT2D eigenvalue weighted by atomic mass is 9.65. The molecule has 0 unspecified atom stereocenters. The Balaban J connectivity index is 2.03. The normalized spacial score (nSPS) is 26.1. The molecule has 2 aromatic rings. The first-order valence-corrected chi connectivity index (χ1v) is 10.5. The summed E-state index contributed by atoms with van der Waals surface area (Å²) in [6.45, 7) is 5.48. The van der Waals surface area contributed by atoms with Crippen molar-refractivity contribution in [3.8, 4) is 11.8 Å². The number of methoxy groups -OCH3 is 1. The molecule has 2 heterocycles. The summed E-state index contributed by atoms with van der Waals surface area (Å²) < 4.78 is 5.27. The predicted molar refractivity (Wildman–Crippen MR) is 120 cm³/mol. The van der Waals surface area contributed by atoms with Crippen LogP contribution in [0, 0.1) is 22.2 Å². The Morgan fingerprint density at radius 1 is 1.16 bits per heavy atom. The molecule has 4 rings (SSSR count). The predicted octanol–water partition coefficient (Wildman–Crippen LogP) is 3.16. The molecule has 2 N–H and O–H groups in total. The summed E-state index contributed by atoms with van der Waals surface area (Å²) in [4.78, 5) is 26.9. The molecule has 0 aromatic heterocycles. The van der Waals surface area contributed by atoms with Gasteiger partial charge in [0.2, 0.25) is 5.91 Å². The number of nitrogens with two attached hydrogens (primary N) is 1. The molecule has 1 saturated heterocycles. The number of ketones is 1. The van der Waals surface area contributed by atoms with Gasteiger partial charge >= 0.3 is 0 Å². The quantitative estimate of drug-likeness (QED) is 0.801. The number of carbonyl (C=O) groups is 2. The molecular weight excluding hydrogens is 404 g/mol. The molecule has 0 bridgehead atoms. The Kier molecular flexibility index (Phi) is 5.04. The second kappa shape index (κ2) is 7.49. The number of hydrazone groups is 1. The molecule has 1 amide bonds. The van der Waals surface area contributed by atoms with Crippen molar-refractivity contribution in [1.29, 1.82) is 5.26 Å². The number of ether oxygens (including phenoxy) is 1. The summed E-state index contributed by atoms with van der Waals surface area (Å²) in [5.41, 5.74) is 5.78. The molecule has 164 valence electrons. The van der Waals surface area contributed by atoms with Crippen molar-refractivity contribution in [2.45, 2.75) is 38.8 Å². The third-order valence-corrected chi connectivity index (χ3v) is 6.48. The van der Waals surface area contributed by atoms with Gasteiger partial charge in [-0.3, -0.25) is 14.6 Å². The summed E-state index contributed by atoms with van der Waals surface area (Å²) >= 11 is 0. The van der Waals surface area contributed by atoms with E-state index in [0.717, 1.165) is 11.1 Å². The lowest BCUT2D eigenvalue weighted by molar-refractivity contribution is -0.131. The fourth-order valence-corrected chi connectivity index (χ4v) is 4.92. The van der Waals surface area contributed by atoms with Gasteiger partial charge in [-0.05, 0) is 28.8 Å². The minimum Gasteiger partial charge on any atom is -0.497 e. The molecule has 2 aliphatic rings. The second-order valence-electron chi connectivity index (χ2n) is 9.31. The monoisotopic (exact) mass is 430 g/mol. The SMILES string of the molecule is COc1ccc([C@@H]2[C@H](C(=O)C(C)(C)C)N3N=Cc4ccccc4[C@@H]3[C@@]2(C#N)C(N)=O)cc1. The van der Waals surface area contributed by atoms with Crippen LogP contribution >= 0.6 is 0 Å². The first-order chi connectivity index (χ1) is 15.2. The van der Waals surface area contributed by atoms with Crippen molar-refractivity contribution in [3.63, 3.8) is 0 Å². The van der Waals surface area contributed by atoms with E-state index in [1.807, 2.05) is 45.0 Å². The van der Waals surface area contributed by atoms with Gasteiger partial charge in [0.15, 0.2) is 11.2 Å². The van der Waals surface area contributed by atoms with Gasteiger partial charge in [-0.15, -0.1) is 0 Å².